The number of unbranched alkanes of at least 4 members (excludes halogenated alkanes) is 1. The molecule has 142 valence electrons. The summed E-state index contributed by atoms with van der Waals surface area (Å²) in [6.45, 7) is 6.10. The van der Waals surface area contributed by atoms with E-state index in [-0.39, 0.29) is 0 Å². The van der Waals surface area contributed by atoms with Crippen LogP contribution in [0.4, 0.5) is 22.7 Å². The number of nitrogens with one attached hydrogen (secondary N) is 3. The van der Waals surface area contributed by atoms with Gasteiger partial charge in [-0.2, -0.15) is 0 Å². The van der Waals surface area contributed by atoms with Gasteiger partial charge in [0.05, 0.1) is 22.7 Å². The Labute approximate surface area is 153 Å². The van der Waals surface area contributed by atoms with Gasteiger partial charge in [0.15, 0.2) is 0 Å². The largest absolute Gasteiger partial charge is 0.397 e. The van der Waals surface area contributed by atoms with Crippen LogP contribution in [-0.4, -0.2) is 33.2 Å². The van der Waals surface area contributed by atoms with Gasteiger partial charge in [-0.15, -0.1) is 0 Å². The number of hydrogen-bond acceptors (Lipinski definition) is 6. The van der Waals surface area contributed by atoms with E-state index in [4.69, 9.17) is 5.73 Å². The van der Waals surface area contributed by atoms with E-state index < -0.39 is 0 Å². The second kappa shape index (κ2) is 9.73. The van der Waals surface area contributed by atoms with Gasteiger partial charge in [0.25, 0.3) is 0 Å². The first-order valence-corrected chi connectivity index (χ1v) is 9.71. The number of nitrogens with zero attached hydrogens (tertiary/aromatic N) is 2. The molecule has 1 fully saturated rings. The minimum atomic E-state index is 0.532. The van der Waals surface area contributed by atoms with E-state index in [1.807, 2.05) is 6.07 Å². The molecule has 0 radical (unpaired) electrons. The van der Waals surface area contributed by atoms with Crippen LogP contribution in [0.1, 0.15) is 52.4 Å². The topological polar surface area (TPSA) is 68.6 Å². The Kier molecular flexibility index (Phi) is 7.65. The Balaban J connectivity index is 2.34. The van der Waals surface area contributed by atoms with Crippen molar-refractivity contribution in [3.63, 3.8) is 0 Å². The molecule has 0 bridgehead atoms. The van der Waals surface area contributed by atoms with Gasteiger partial charge in [-0.1, -0.05) is 26.2 Å². The molecule has 2 rings (SSSR count). The number of hydrogen-bond donors (Lipinski definition) is 4. The zero-order chi connectivity index (χ0) is 18.2. The van der Waals surface area contributed by atoms with Crippen molar-refractivity contribution in [2.75, 3.05) is 48.3 Å². The van der Waals surface area contributed by atoms with Crippen molar-refractivity contribution >= 4 is 22.7 Å². The molecule has 1 aromatic carbocycles. The highest BCUT2D eigenvalue weighted by molar-refractivity contribution is 5.91. The van der Waals surface area contributed by atoms with E-state index >= 15 is 0 Å². The zero-order valence-corrected chi connectivity index (χ0v) is 16.4. The lowest BCUT2D eigenvalue weighted by molar-refractivity contribution is 0.440. The summed E-state index contributed by atoms with van der Waals surface area (Å²) in [6.07, 6.45) is 7.41. The number of nitrogen functional groups attached to an aromatic ring is 1. The monoisotopic (exact) mass is 348 g/mol. The van der Waals surface area contributed by atoms with Gasteiger partial charge in [-0.25, -0.2) is 16.0 Å². The van der Waals surface area contributed by atoms with E-state index in [1.165, 1.54) is 32.1 Å². The molecule has 6 nitrogen and oxygen atoms in total. The van der Waals surface area contributed by atoms with E-state index in [0.29, 0.717) is 6.04 Å². The predicted molar refractivity (Wildman–Crippen MR) is 110 cm³/mol. The summed E-state index contributed by atoms with van der Waals surface area (Å²) < 4.78 is 0. The Morgan fingerprint density at radius 2 is 1.88 bits per heavy atom. The van der Waals surface area contributed by atoms with E-state index in [1.54, 1.807) is 0 Å². The van der Waals surface area contributed by atoms with Crippen LogP contribution in [0.5, 0.6) is 0 Å². The van der Waals surface area contributed by atoms with Crippen molar-refractivity contribution in [2.24, 2.45) is 0 Å². The van der Waals surface area contributed by atoms with Crippen LogP contribution in [0.15, 0.2) is 12.1 Å². The number of anilines is 4. The first-order chi connectivity index (χ1) is 12.1. The van der Waals surface area contributed by atoms with E-state index in [0.717, 1.165) is 42.3 Å². The number of hydrazine groups is 2. The molecule has 0 aliphatic heterocycles. The molecular formula is C19H36N6. The maximum Gasteiger partial charge on any atom is 0.0958 e. The second-order valence-electron chi connectivity index (χ2n) is 7.03. The molecular weight excluding hydrogens is 312 g/mol. The van der Waals surface area contributed by atoms with Gasteiger partial charge in [-0.05, 0) is 38.3 Å². The minimum Gasteiger partial charge on any atom is -0.397 e. The molecule has 0 amide bonds. The number of rotatable bonds is 10. The molecule has 1 saturated carbocycles. The minimum absolute atomic E-state index is 0.532. The third kappa shape index (κ3) is 5.16. The van der Waals surface area contributed by atoms with E-state index in [2.05, 4.69) is 60.2 Å². The first-order valence-electron chi connectivity index (χ1n) is 9.71. The zero-order valence-electron chi connectivity index (χ0n) is 16.4. The molecule has 0 heterocycles. The Morgan fingerprint density at radius 3 is 2.48 bits per heavy atom. The third-order valence-corrected chi connectivity index (χ3v) is 4.70. The fourth-order valence-electron chi connectivity index (χ4n) is 3.40. The van der Waals surface area contributed by atoms with Crippen LogP contribution < -0.4 is 31.9 Å². The lowest BCUT2D eigenvalue weighted by Gasteiger charge is -2.34. The van der Waals surface area contributed by atoms with Gasteiger partial charge < -0.3 is 16.0 Å². The summed E-state index contributed by atoms with van der Waals surface area (Å²) in [5.41, 5.74) is 17.5. The normalized spacial score (nSPS) is 14.7. The van der Waals surface area contributed by atoms with Crippen LogP contribution in [0, 0.1) is 0 Å². The first kappa shape index (κ1) is 19.7. The molecule has 5 N–H and O–H groups in total. The Bertz CT molecular complexity index is 525. The highest BCUT2D eigenvalue weighted by Crippen LogP contribution is 2.39. The smallest absolute Gasteiger partial charge is 0.0958 e. The van der Waals surface area contributed by atoms with Crippen molar-refractivity contribution in [1.82, 2.24) is 10.9 Å². The van der Waals surface area contributed by atoms with Crippen molar-refractivity contribution in [3.8, 4) is 0 Å². The lowest BCUT2D eigenvalue weighted by atomic mass is 10.1. The lowest BCUT2D eigenvalue weighted by Crippen LogP contribution is -2.53. The van der Waals surface area contributed by atoms with Gasteiger partial charge in [-0.3, -0.25) is 0 Å². The average Bonchev–Trinajstić information content (AvgIpc) is 3.09. The quantitative estimate of drug-likeness (QED) is 0.295. The van der Waals surface area contributed by atoms with Crippen molar-refractivity contribution in [2.45, 2.75) is 58.4 Å². The molecule has 0 spiro atoms. The van der Waals surface area contributed by atoms with Crippen molar-refractivity contribution in [3.05, 3.63) is 12.1 Å². The molecule has 25 heavy (non-hydrogen) atoms. The molecule has 0 saturated heterocycles. The van der Waals surface area contributed by atoms with Crippen LogP contribution >= 0.6 is 0 Å². The molecule has 1 aliphatic rings. The van der Waals surface area contributed by atoms with Gasteiger partial charge in [0.2, 0.25) is 0 Å². The summed E-state index contributed by atoms with van der Waals surface area (Å²) in [7, 11) is 4.14. The van der Waals surface area contributed by atoms with Crippen molar-refractivity contribution < 1.29 is 0 Å². The van der Waals surface area contributed by atoms with Crippen LogP contribution in [0.3, 0.4) is 0 Å². The fraction of sp³-hybridized carbons (Fsp3) is 0.684. The fourth-order valence-corrected chi connectivity index (χ4v) is 3.40. The maximum absolute atomic E-state index is 6.25. The van der Waals surface area contributed by atoms with Crippen LogP contribution in [0.2, 0.25) is 0 Å². The summed E-state index contributed by atoms with van der Waals surface area (Å²) in [4.78, 5) is 2.13. The maximum atomic E-state index is 6.25. The number of nitrogens with two attached hydrogens (primary N) is 1. The highest BCUT2D eigenvalue weighted by Gasteiger charge is 2.22. The molecule has 1 aromatic rings. The van der Waals surface area contributed by atoms with Gasteiger partial charge in [0.1, 0.15) is 0 Å². The van der Waals surface area contributed by atoms with Crippen LogP contribution in [0.25, 0.3) is 0 Å². The predicted octanol–water partition coefficient (Wildman–Crippen LogP) is 3.32. The molecule has 0 atom stereocenters. The SMILES string of the molecule is CCCCNN(NC1CCCC1)c1ccc(N)c(NCC)c1N(C)C. The summed E-state index contributed by atoms with van der Waals surface area (Å²) in [5, 5.41) is 5.56. The van der Waals surface area contributed by atoms with Crippen LogP contribution in [-0.2, 0) is 0 Å². The Morgan fingerprint density at radius 1 is 1.16 bits per heavy atom. The molecule has 6 heteroatoms. The summed E-state index contributed by atoms with van der Waals surface area (Å²) in [6, 6.07) is 4.63. The highest BCUT2D eigenvalue weighted by atomic mass is 15.7. The van der Waals surface area contributed by atoms with Gasteiger partial charge in [0, 0.05) is 33.2 Å². The van der Waals surface area contributed by atoms with Gasteiger partial charge >= 0.3 is 0 Å². The van der Waals surface area contributed by atoms with E-state index in [9.17, 15) is 0 Å². The molecule has 0 aromatic heterocycles. The van der Waals surface area contributed by atoms with Crippen molar-refractivity contribution in [1.29, 1.82) is 0 Å². The number of benzene rings is 1. The summed E-state index contributed by atoms with van der Waals surface area (Å²) >= 11 is 0. The third-order valence-electron chi connectivity index (χ3n) is 4.70. The average molecular weight is 349 g/mol. The standard InChI is InChI=1S/C19H36N6/c1-5-7-14-22-25(23-15-10-8-9-11-15)17-13-12-16(20)18(21-6-2)19(17)24(3)4/h12-13,15,21-23H,5-11,14,20H2,1-4H3. The molecule has 0 unspecified atom stereocenters. The summed E-state index contributed by atoms with van der Waals surface area (Å²) in [5.74, 6) is 0. The molecule has 1 aliphatic carbocycles. The second-order valence-corrected chi connectivity index (χ2v) is 7.03. The Hall–Kier alpha value is -1.66.